The highest BCUT2D eigenvalue weighted by atomic mass is 32.2. The van der Waals surface area contributed by atoms with Gasteiger partial charge in [-0.25, -0.2) is 8.42 Å². The Balaban J connectivity index is 2.12. The van der Waals surface area contributed by atoms with Crippen molar-refractivity contribution in [2.24, 2.45) is 14.1 Å². The van der Waals surface area contributed by atoms with E-state index in [1.54, 1.807) is 12.1 Å². The Hall–Kier alpha value is -3.27. The van der Waals surface area contributed by atoms with Crippen molar-refractivity contribution in [3.8, 4) is 11.5 Å². The number of methoxy groups -OCH3 is 2. The number of aryl methyl sites for hydroxylation is 2. The summed E-state index contributed by atoms with van der Waals surface area (Å²) in [6, 6.07) is 8.99. The SMILES string of the molecule is COc1ccc(OC)c(S(=O)(=O)Nc2ccc3c(c2)n(C)c(=O)c(=O)n3C)c1. The van der Waals surface area contributed by atoms with Gasteiger partial charge in [0.1, 0.15) is 16.4 Å². The first-order valence-corrected chi connectivity index (χ1v) is 9.62. The van der Waals surface area contributed by atoms with Gasteiger partial charge in [0.05, 0.1) is 30.9 Å². The summed E-state index contributed by atoms with van der Waals surface area (Å²) in [5.41, 5.74) is -0.237. The van der Waals surface area contributed by atoms with Crippen LogP contribution in [0.4, 0.5) is 5.69 Å². The van der Waals surface area contributed by atoms with Crippen LogP contribution in [-0.4, -0.2) is 31.8 Å². The van der Waals surface area contributed by atoms with Crippen molar-refractivity contribution in [1.82, 2.24) is 9.13 Å². The van der Waals surface area contributed by atoms with Crippen molar-refractivity contribution in [2.45, 2.75) is 4.90 Å². The van der Waals surface area contributed by atoms with Crippen LogP contribution in [0.25, 0.3) is 11.0 Å². The summed E-state index contributed by atoms with van der Waals surface area (Å²) in [6.45, 7) is 0. The quantitative estimate of drug-likeness (QED) is 0.636. The van der Waals surface area contributed by atoms with Gasteiger partial charge in [0.25, 0.3) is 10.0 Å². The molecule has 0 aliphatic heterocycles. The van der Waals surface area contributed by atoms with Gasteiger partial charge >= 0.3 is 11.1 Å². The molecule has 2 aromatic carbocycles. The zero-order valence-electron chi connectivity index (χ0n) is 15.7. The van der Waals surface area contributed by atoms with Crippen molar-refractivity contribution >= 4 is 26.7 Å². The molecule has 3 aromatic rings. The summed E-state index contributed by atoms with van der Waals surface area (Å²) in [7, 11) is 1.73. The van der Waals surface area contributed by atoms with Crippen LogP contribution in [0, 0.1) is 0 Å². The van der Waals surface area contributed by atoms with Crippen molar-refractivity contribution < 1.29 is 17.9 Å². The molecular weight excluding hydrogens is 386 g/mol. The fourth-order valence-electron chi connectivity index (χ4n) is 2.85. The maximum Gasteiger partial charge on any atom is 0.316 e. The molecule has 148 valence electrons. The number of hydrogen-bond donors (Lipinski definition) is 1. The Labute approximate surface area is 160 Å². The van der Waals surface area contributed by atoms with E-state index in [-0.39, 0.29) is 16.3 Å². The Morgan fingerprint density at radius 2 is 1.50 bits per heavy atom. The van der Waals surface area contributed by atoms with E-state index >= 15 is 0 Å². The van der Waals surface area contributed by atoms with E-state index in [4.69, 9.17) is 9.47 Å². The van der Waals surface area contributed by atoms with E-state index in [9.17, 15) is 18.0 Å². The van der Waals surface area contributed by atoms with Crippen LogP contribution in [0.5, 0.6) is 11.5 Å². The summed E-state index contributed by atoms with van der Waals surface area (Å²) in [5.74, 6) is 0.515. The summed E-state index contributed by atoms with van der Waals surface area (Å²) in [6.07, 6.45) is 0. The third kappa shape index (κ3) is 3.22. The zero-order valence-corrected chi connectivity index (χ0v) is 16.5. The molecule has 0 amide bonds. The molecule has 0 atom stereocenters. The predicted octanol–water partition coefficient (Wildman–Crippen LogP) is 1.06. The van der Waals surface area contributed by atoms with Gasteiger partial charge in [-0.05, 0) is 30.3 Å². The lowest BCUT2D eigenvalue weighted by Crippen LogP contribution is -2.39. The molecule has 0 unspecified atom stereocenters. The molecule has 0 spiro atoms. The number of hydrogen-bond acceptors (Lipinski definition) is 6. The van der Waals surface area contributed by atoms with Gasteiger partial charge in [-0.2, -0.15) is 0 Å². The number of sulfonamides is 1. The number of rotatable bonds is 5. The third-order valence-corrected chi connectivity index (χ3v) is 5.81. The van der Waals surface area contributed by atoms with E-state index in [1.807, 2.05) is 0 Å². The van der Waals surface area contributed by atoms with Gasteiger partial charge in [0, 0.05) is 20.2 Å². The van der Waals surface area contributed by atoms with Gasteiger partial charge in [0.15, 0.2) is 0 Å². The number of benzene rings is 2. The monoisotopic (exact) mass is 405 g/mol. The molecule has 1 heterocycles. The fourth-order valence-corrected chi connectivity index (χ4v) is 4.08. The van der Waals surface area contributed by atoms with E-state index < -0.39 is 21.1 Å². The number of nitrogens with zero attached hydrogens (tertiary/aromatic N) is 2. The second kappa shape index (κ2) is 7.04. The molecule has 10 heteroatoms. The van der Waals surface area contributed by atoms with Crippen LogP contribution >= 0.6 is 0 Å². The number of nitrogens with one attached hydrogen (secondary N) is 1. The number of aromatic nitrogens is 2. The maximum absolute atomic E-state index is 12.9. The Kier molecular flexibility index (Phi) is 4.90. The lowest BCUT2D eigenvalue weighted by atomic mass is 10.2. The van der Waals surface area contributed by atoms with Crippen molar-refractivity contribution in [3.05, 3.63) is 57.1 Å². The zero-order chi connectivity index (χ0) is 20.6. The Bertz CT molecular complexity index is 1290. The Morgan fingerprint density at radius 3 is 2.11 bits per heavy atom. The van der Waals surface area contributed by atoms with Gasteiger partial charge in [-0.15, -0.1) is 0 Å². The highest BCUT2D eigenvalue weighted by molar-refractivity contribution is 7.92. The molecule has 1 N–H and O–H groups in total. The van der Waals surface area contributed by atoms with Crippen LogP contribution in [-0.2, 0) is 24.1 Å². The van der Waals surface area contributed by atoms with Crippen molar-refractivity contribution in [2.75, 3.05) is 18.9 Å². The van der Waals surface area contributed by atoms with Crippen LogP contribution in [0.3, 0.4) is 0 Å². The van der Waals surface area contributed by atoms with Crippen LogP contribution in [0.2, 0.25) is 0 Å². The smallest absolute Gasteiger partial charge is 0.316 e. The number of anilines is 1. The molecule has 0 aliphatic carbocycles. The minimum absolute atomic E-state index is 0.0937. The second-order valence-corrected chi connectivity index (χ2v) is 7.70. The molecule has 3 rings (SSSR count). The Morgan fingerprint density at radius 1 is 0.857 bits per heavy atom. The minimum Gasteiger partial charge on any atom is -0.497 e. The summed E-state index contributed by atoms with van der Waals surface area (Å²) >= 11 is 0. The fraction of sp³-hybridized carbons (Fsp3) is 0.222. The molecule has 0 saturated heterocycles. The highest BCUT2D eigenvalue weighted by Gasteiger charge is 2.21. The molecule has 0 fully saturated rings. The van der Waals surface area contributed by atoms with Crippen LogP contribution in [0.15, 0.2) is 50.9 Å². The minimum atomic E-state index is -4.01. The average Bonchev–Trinajstić information content (AvgIpc) is 2.69. The lowest BCUT2D eigenvalue weighted by molar-refractivity contribution is 0.392. The van der Waals surface area contributed by atoms with Crippen molar-refractivity contribution in [1.29, 1.82) is 0 Å². The molecule has 28 heavy (non-hydrogen) atoms. The van der Waals surface area contributed by atoms with E-state index in [2.05, 4.69) is 4.72 Å². The van der Waals surface area contributed by atoms with Gasteiger partial charge in [0.2, 0.25) is 0 Å². The second-order valence-electron chi connectivity index (χ2n) is 6.05. The molecule has 0 saturated carbocycles. The maximum atomic E-state index is 12.9. The first-order chi connectivity index (χ1) is 13.2. The van der Waals surface area contributed by atoms with E-state index in [0.29, 0.717) is 16.8 Å². The number of ether oxygens (including phenoxy) is 2. The topological polar surface area (TPSA) is 109 Å². The van der Waals surface area contributed by atoms with Gasteiger partial charge in [-0.1, -0.05) is 0 Å². The van der Waals surface area contributed by atoms with Gasteiger partial charge < -0.3 is 18.6 Å². The molecule has 1 aromatic heterocycles. The van der Waals surface area contributed by atoms with Crippen LogP contribution < -0.4 is 25.3 Å². The molecule has 0 radical (unpaired) electrons. The van der Waals surface area contributed by atoms with Crippen LogP contribution in [0.1, 0.15) is 0 Å². The first kappa shape index (κ1) is 19.5. The standard InChI is InChI=1S/C18H19N3O6S/c1-20-13-7-5-11(9-14(13)21(2)18(23)17(20)22)19-28(24,25)16-10-12(26-3)6-8-15(16)27-4/h5-10,19H,1-4H3. The summed E-state index contributed by atoms with van der Waals surface area (Å²) < 4.78 is 40.9. The van der Waals surface area contributed by atoms with Crippen molar-refractivity contribution in [3.63, 3.8) is 0 Å². The molecule has 0 bridgehead atoms. The third-order valence-electron chi connectivity index (χ3n) is 4.40. The molecule has 0 aliphatic rings. The largest absolute Gasteiger partial charge is 0.497 e. The lowest BCUT2D eigenvalue weighted by Gasteiger charge is -2.14. The average molecular weight is 405 g/mol. The molecular formula is C18H19N3O6S. The van der Waals surface area contributed by atoms with E-state index in [0.717, 1.165) is 0 Å². The summed E-state index contributed by atoms with van der Waals surface area (Å²) in [4.78, 5) is 23.9. The summed E-state index contributed by atoms with van der Waals surface area (Å²) in [5, 5.41) is 0. The normalized spacial score (nSPS) is 11.4. The van der Waals surface area contributed by atoms with E-state index in [1.165, 1.54) is 61.7 Å². The highest BCUT2D eigenvalue weighted by Crippen LogP contribution is 2.30. The number of fused-ring (bicyclic) bond motifs is 1. The molecule has 9 nitrogen and oxygen atoms in total. The van der Waals surface area contributed by atoms with Gasteiger partial charge in [-0.3, -0.25) is 14.3 Å². The first-order valence-electron chi connectivity index (χ1n) is 8.14. The predicted molar refractivity (Wildman–Crippen MR) is 105 cm³/mol.